The molecule has 3 aliphatic rings. The van der Waals surface area contributed by atoms with E-state index in [0.717, 1.165) is 24.7 Å². The maximum absolute atomic E-state index is 13.3. The van der Waals surface area contributed by atoms with E-state index in [1.165, 1.54) is 73.6 Å². The van der Waals surface area contributed by atoms with E-state index in [2.05, 4.69) is 78.9 Å². The lowest BCUT2D eigenvalue weighted by molar-refractivity contribution is -0.119. The highest BCUT2D eigenvalue weighted by atomic mass is 31.1. The van der Waals surface area contributed by atoms with Crippen molar-refractivity contribution >= 4 is 19.0 Å². The van der Waals surface area contributed by atoms with E-state index in [9.17, 15) is 4.79 Å². The van der Waals surface area contributed by atoms with Crippen molar-refractivity contribution in [1.29, 1.82) is 0 Å². The van der Waals surface area contributed by atoms with Crippen molar-refractivity contribution in [2.24, 2.45) is 11.8 Å². The summed E-state index contributed by atoms with van der Waals surface area (Å²) in [5.74, 6) is 2.00. The lowest BCUT2D eigenvalue weighted by Crippen LogP contribution is -2.39. The zero-order valence-electron chi connectivity index (χ0n) is 20.7. The molecule has 0 radical (unpaired) electrons. The Morgan fingerprint density at radius 3 is 1.40 bits per heavy atom. The van der Waals surface area contributed by atoms with Crippen LogP contribution in [0.5, 0.6) is 0 Å². The molecule has 0 bridgehead atoms. The number of ketones is 1. The predicted octanol–water partition coefficient (Wildman–Crippen LogP) is 8.61. The van der Waals surface area contributed by atoms with Crippen molar-refractivity contribution < 1.29 is 4.79 Å². The molecule has 0 N–H and O–H groups in total. The first kappa shape index (κ1) is 23.2. The summed E-state index contributed by atoms with van der Waals surface area (Å²) in [6, 6.07) is 29.1. The standard InChI is InChI=1S/C33H37OP/c34-28-22-31(26-16-7-8-17-26)35(32(23-28)27-18-9-10-19-27)33-29(24-12-3-1-4-13-24)20-11-21-30(33)25-14-5-2-6-15-25/h1-6,11-15,20-21,26-27,31-32H,7-10,16-19,22-23H2. The number of benzene rings is 3. The normalized spacial score (nSPS) is 25.8. The summed E-state index contributed by atoms with van der Waals surface area (Å²) in [7, 11) is -0.452. The number of Topliss-reactive ketones (excluding diaryl/α,β-unsaturated/α-hetero) is 1. The third-order valence-electron chi connectivity index (χ3n) is 8.94. The molecule has 2 unspecified atom stereocenters. The quantitative estimate of drug-likeness (QED) is 0.334. The van der Waals surface area contributed by atoms with Crippen LogP contribution in [0.15, 0.2) is 78.9 Å². The first-order valence-corrected chi connectivity index (χ1v) is 15.3. The second-order valence-electron chi connectivity index (χ2n) is 11.0. The Morgan fingerprint density at radius 1 is 0.543 bits per heavy atom. The van der Waals surface area contributed by atoms with Crippen LogP contribution in [-0.4, -0.2) is 17.1 Å². The first-order chi connectivity index (χ1) is 17.3. The third kappa shape index (κ3) is 4.65. The molecule has 2 atom stereocenters. The summed E-state index contributed by atoms with van der Waals surface area (Å²) < 4.78 is 0. The van der Waals surface area contributed by atoms with Gasteiger partial charge in [-0.25, -0.2) is 0 Å². The van der Waals surface area contributed by atoms with Gasteiger partial charge in [0.2, 0.25) is 0 Å². The fourth-order valence-corrected chi connectivity index (χ4v) is 11.7. The van der Waals surface area contributed by atoms with E-state index in [1.54, 1.807) is 5.30 Å². The third-order valence-corrected chi connectivity index (χ3v) is 12.6. The summed E-state index contributed by atoms with van der Waals surface area (Å²) in [6.07, 6.45) is 12.3. The summed E-state index contributed by atoms with van der Waals surface area (Å²) >= 11 is 0. The van der Waals surface area contributed by atoms with Crippen molar-refractivity contribution in [3.63, 3.8) is 0 Å². The van der Waals surface area contributed by atoms with Crippen LogP contribution in [0.25, 0.3) is 22.3 Å². The van der Waals surface area contributed by atoms with E-state index in [0.29, 0.717) is 17.1 Å². The number of rotatable bonds is 5. The highest BCUT2D eigenvalue weighted by Crippen LogP contribution is 2.62. The van der Waals surface area contributed by atoms with Gasteiger partial charge in [0.05, 0.1) is 0 Å². The van der Waals surface area contributed by atoms with Gasteiger partial charge >= 0.3 is 0 Å². The van der Waals surface area contributed by atoms with Gasteiger partial charge in [-0.15, -0.1) is 0 Å². The maximum Gasteiger partial charge on any atom is 0.134 e. The molecular formula is C33H37OP. The van der Waals surface area contributed by atoms with Gasteiger partial charge in [0.15, 0.2) is 0 Å². The van der Waals surface area contributed by atoms with Crippen LogP contribution in [0.3, 0.4) is 0 Å². The van der Waals surface area contributed by atoms with E-state index < -0.39 is 7.92 Å². The van der Waals surface area contributed by atoms with Crippen molar-refractivity contribution in [2.45, 2.75) is 75.5 Å². The van der Waals surface area contributed by atoms with Gasteiger partial charge in [-0.3, -0.25) is 4.79 Å². The molecule has 3 aromatic carbocycles. The molecule has 3 aromatic rings. The van der Waals surface area contributed by atoms with Crippen LogP contribution < -0.4 is 5.30 Å². The molecule has 0 aromatic heterocycles. The molecule has 1 heterocycles. The molecule has 2 saturated carbocycles. The van der Waals surface area contributed by atoms with Crippen LogP contribution in [0, 0.1) is 11.8 Å². The summed E-state index contributed by atoms with van der Waals surface area (Å²) in [4.78, 5) is 13.3. The molecule has 35 heavy (non-hydrogen) atoms. The van der Waals surface area contributed by atoms with Gasteiger partial charge in [0.1, 0.15) is 5.78 Å². The molecule has 2 aliphatic carbocycles. The van der Waals surface area contributed by atoms with E-state index in [4.69, 9.17) is 0 Å². The second-order valence-corrected chi connectivity index (χ2v) is 13.6. The predicted molar refractivity (Wildman–Crippen MR) is 150 cm³/mol. The largest absolute Gasteiger partial charge is 0.300 e. The van der Waals surface area contributed by atoms with Gasteiger partial charge in [-0.05, 0) is 76.4 Å². The molecule has 6 rings (SSSR count). The highest BCUT2D eigenvalue weighted by molar-refractivity contribution is 7.68. The van der Waals surface area contributed by atoms with Gasteiger partial charge in [-0.1, -0.05) is 112 Å². The molecule has 180 valence electrons. The summed E-state index contributed by atoms with van der Waals surface area (Å²) in [6.45, 7) is 0. The zero-order valence-corrected chi connectivity index (χ0v) is 21.6. The lowest BCUT2D eigenvalue weighted by atomic mass is 9.93. The van der Waals surface area contributed by atoms with Gasteiger partial charge < -0.3 is 0 Å². The summed E-state index contributed by atoms with van der Waals surface area (Å²) in [5, 5.41) is 1.60. The van der Waals surface area contributed by atoms with Crippen LogP contribution in [-0.2, 0) is 4.79 Å². The van der Waals surface area contributed by atoms with Crippen molar-refractivity contribution in [3.05, 3.63) is 78.9 Å². The number of carbonyl (C=O) groups excluding carboxylic acids is 1. The molecule has 1 aliphatic heterocycles. The molecule has 1 nitrogen and oxygen atoms in total. The van der Waals surface area contributed by atoms with Crippen molar-refractivity contribution in [1.82, 2.24) is 0 Å². The smallest absolute Gasteiger partial charge is 0.134 e. The molecule has 1 saturated heterocycles. The SMILES string of the molecule is O=C1CC(C2CCCC2)P(c2c(-c3ccccc3)cccc2-c2ccccc2)C(C2CCCC2)C1. The molecule has 2 heteroatoms. The lowest BCUT2D eigenvalue weighted by Gasteiger charge is -2.45. The molecular weight excluding hydrogens is 443 g/mol. The Morgan fingerprint density at radius 2 is 0.971 bits per heavy atom. The van der Waals surface area contributed by atoms with Crippen LogP contribution in [0.2, 0.25) is 0 Å². The van der Waals surface area contributed by atoms with E-state index >= 15 is 0 Å². The monoisotopic (exact) mass is 480 g/mol. The summed E-state index contributed by atoms with van der Waals surface area (Å²) in [5.41, 5.74) is 6.58. The Balaban J connectivity index is 1.58. The Kier molecular flexibility index (Phi) is 6.89. The van der Waals surface area contributed by atoms with Crippen molar-refractivity contribution in [3.8, 4) is 22.3 Å². The van der Waals surface area contributed by atoms with Crippen molar-refractivity contribution in [2.75, 3.05) is 0 Å². The molecule has 3 fully saturated rings. The Labute approximate surface area is 212 Å². The topological polar surface area (TPSA) is 17.1 Å². The Hall–Kier alpha value is -2.24. The highest BCUT2D eigenvalue weighted by Gasteiger charge is 2.46. The first-order valence-electron chi connectivity index (χ1n) is 13.8. The minimum Gasteiger partial charge on any atom is -0.300 e. The fraction of sp³-hybridized carbons (Fsp3) is 0.424. The van der Waals surface area contributed by atoms with Crippen LogP contribution in [0.1, 0.15) is 64.2 Å². The second kappa shape index (κ2) is 10.4. The molecule has 0 spiro atoms. The Bertz CT molecular complexity index is 1060. The maximum atomic E-state index is 13.3. The number of carbonyl (C=O) groups is 1. The fourth-order valence-electron chi connectivity index (χ4n) is 7.32. The minimum absolute atomic E-state index is 0.452. The number of hydrogen-bond acceptors (Lipinski definition) is 1. The molecule has 0 amide bonds. The van der Waals surface area contributed by atoms with Gasteiger partial charge in [-0.2, -0.15) is 0 Å². The van der Waals surface area contributed by atoms with Gasteiger partial charge in [0.25, 0.3) is 0 Å². The van der Waals surface area contributed by atoms with E-state index in [-0.39, 0.29) is 0 Å². The number of hydrogen-bond donors (Lipinski definition) is 0. The average molecular weight is 481 g/mol. The van der Waals surface area contributed by atoms with E-state index in [1.807, 2.05) is 0 Å². The van der Waals surface area contributed by atoms with Crippen LogP contribution >= 0.6 is 7.92 Å². The zero-order chi connectivity index (χ0) is 23.6. The van der Waals surface area contributed by atoms with Gasteiger partial charge in [0, 0.05) is 12.8 Å². The van der Waals surface area contributed by atoms with Crippen LogP contribution in [0.4, 0.5) is 0 Å². The average Bonchev–Trinajstić information content (AvgIpc) is 3.64. The minimum atomic E-state index is -0.452.